The molecule has 0 aromatic heterocycles. The van der Waals surface area contributed by atoms with Crippen molar-refractivity contribution >= 4 is 17.3 Å². The number of benzene rings is 3. The monoisotopic (exact) mass is 379 g/mol. The lowest BCUT2D eigenvalue weighted by molar-refractivity contribution is 0.311. The third-order valence-electron chi connectivity index (χ3n) is 4.47. The molecule has 0 aliphatic carbocycles. The Morgan fingerprint density at radius 3 is 2.44 bits per heavy atom. The van der Waals surface area contributed by atoms with E-state index in [-0.39, 0.29) is 0 Å². The molecule has 3 aromatic rings. The third-order valence-corrected chi connectivity index (χ3v) is 4.83. The average molecular weight is 380 g/mol. The van der Waals surface area contributed by atoms with Crippen molar-refractivity contribution < 1.29 is 4.74 Å². The van der Waals surface area contributed by atoms with Crippen LogP contribution in [0.2, 0.25) is 5.02 Å². The molecular formula is C24H26ClNO. The lowest BCUT2D eigenvalue weighted by Crippen LogP contribution is -2.04. The lowest BCUT2D eigenvalue weighted by Gasteiger charge is -2.10. The van der Waals surface area contributed by atoms with Crippen molar-refractivity contribution in [2.75, 3.05) is 18.5 Å². The van der Waals surface area contributed by atoms with Crippen LogP contribution in [0.25, 0.3) is 0 Å². The van der Waals surface area contributed by atoms with Gasteiger partial charge in [-0.2, -0.15) is 0 Å². The van der Waals surface area contributed by atoms with Gasteiger partial charge in [-0.3, -0.25) is 0 Å². The number of halogens is 1. The molecule has 0 saturated carbocycles. The van der Waals surface area contributed by atoms with E-state index in [0.29, 0.717) is 0 Å². The Balaban J connectivity index is 1.37. The molecule has 140 valence electrons. The summed E-state index contributed by atoms with van der Waals surface area (Å²) >= 11 is 6.20. The third kappa shape index (κ3) is 6.65. The molecule has 0 spiro atoms. The summed E-state index contributed by atoms with van der Waals surface area (Å²) in [6, 6.07) is 26.8. The van der Waals surface area contributed by atoms with Crippen LogP contribution in [0.4, 0.5) is 5.69 Å². The molecule has 2 nitrogen and oxygen atoms in total. The van der Waals surface area contributed by atoms with Gasteiger partial charge in [-0.1, -0.05) is 66.2 Å². The van der Waals surface area contributed by atoms with E-state index in [9.17, 15) is 0 Å². The second-order valence-corrected chi connectivity index (χ2v) is 6.99. The summed E-state index contributed by atoms with van der Waals surface area (Å²) in [6.07, 6.45) is 4.06. The minimum atomic E-state index is 0.727. The van der Waals surface area contributed by atoms with Gasteiger partial charge in [0.15, 0.2) is 0 Å². The first-order valence-electron chi connectivity index (χ1n) is 9.55. The summed E-state index contributed by atoms with van der Waals surface area (Å²) in [7, 11) is 0. The fourth-order valence-electron chi connectivity index (χ4n) is 3.02. The molecule has 0 bridgehead atoms. The molecule has 0 atom stereocenters. The van der Waals surface area contributed by atoms with Crippen molar-refractivity contribution in [1.29, 1.82) is 0 Å². The van der Waals surface area contributed by atoms with E-state index in [0.717, 1.165) is 55.3 Å². The zero-order chi connectivity index (χ0) is 18.7. The topological polar surface area (TPSA) is 21.3 Å². The minimum absolute atomic E-state index is 0.727. The zero-order valence-corrected chi connectivity index (χ0v) is 16.3. The standard InChI is InChI=1S/C24H26ClNO/c25-24-16-5-4-12-21(24)13-7-17-26-22-14-6-15-23(19-22)27-18-8-11-20-9-2-1-3-10-20/h1-6,9-10,12,14-16,19,26H,7-8,11,13,17-18H2. The molecule has 3 aromatic carbocycles. The Kier molecular flexibility index (Phi) is 7.61. The maximum Gasteiger partial charge on any atom is 0.121 e. The molecule has 0 aliphatic heterocycles. The van der Waals surface area contributed by atoms with Crippen LogP contribution >= 0.6 is 11.6 Å². The Morgan fingerprint density at radius 2 is 1.59 bits per heavy atom. The highest BCUT2D eigenvalue weighted by Crippen LogP contribution is 2.19. The summed E-state index contributed by atoms with van der Waals surface area (Å²) < 4.78 is 5.90. The van der Waals surface area contributed by atoms with Crippen LogP contribution in [0.3, 0.4) is 0 Å². The summed E-state index contributed by atoms with van der Waals surface area (Å²) in [5.41, 5.74) is 3.65. The number of hydrogen-bond acceptors (Lipinski definition) is 2. The van der Waals surface area contributed by atoms with E-state index in [4.69, 9.17) is 16.3 Å². The predicted octanol–water partition coefficient (Wildman–Crippen LogP) is 6.40. The molecule has 0 fully saturated rings. The lowest BCUT2D eigenvalue weighted by atomic mass is 10.1. The van der Waals surface area contributed by atoms with Gasteiger partial charge in [0, 0.05) is 23.3 Å². The molecular weight excluding hydrogens is 354 g/mol. The Labute approximate surface area is 167 Å². The first-order valence-corrected chi connectivity index (χ1v) is 9.93. The maximum atomic E-state index is 6.20. The van der Waals surface area contributed by atoms with Gasteiger partial charge >= 0.3 is 0 Å². The highest BCUT2D eigenvalue weighted by molar-refractivity contribution is 6.31. The van der Waals surface area contributed by atoms with Crippen LogP contribution in [0, 0.1) is 0 Å². The molecule has 3 heteroatoms. The number of rotatable bonds is 10. The molecule has 0 unspecified atom stereocenters. The Hall–Kier alpha value is -2.45. The van der Waals surface area contributed by atoms with Crippen LogP contribution in [0.15, 0.2) is 78.9 Å². The normalized spacial score (nSPS) is 10.6. The van der Waals surface area contributed by atoms with Gasteiger partial charge in [0.25, 0.3) is 0 Å². The van der Waals surface area contributed by atoms with E-state index >= 15 is 0 Å². The number of ether oxygens (including phenoxy) is 1. The highest BCUT2D eigenvalue weighted by atomic mass is 35.5. The van der Waals surface area contributed by atoms with Crippen molar-refractivity contribution in [3.05, 3.63) is 95.0 Å². The van der Waals surface area contributed by atoms with Gasteiger partial charge < -0.3 is 10.1 Å². The summed E-state index contributed by atoms with van der Waals surface area (Å²) in [4.78, 5) is 0. The highest BCUT2D eigenvalue weighted by Gasteiger charge is 2.00. The molecule has 0 amide bonds. The molecule has 0 aliphatic rings. The first kappa shape index (κ1) is 19.3. The summed E-state index contributed by atoms with van der Waals surface area (Å²) in [5.74, 6) is 0.916. The van der Waals surface area contributed by atoms with Gasteiger partial charge in [-0.15, -0.1) is 0 Å². The number of aryl methyl sites for hydroxylation is 2. The molecule has 0 saturated heterocycles. The van der Waals surface area contributed by atoms with Gasteiger partial charge in [0.2, 0.25) is 0 Å². The van der Waals surface area contributed by atoms with Crippen molar-refractivity contribution in [2.24, 2.45) is 0 Å². The van der Waals surface area contributed by atoms with Crippen molar-refractivity contribution in [2.45, 2.75) is 25.7 Å². The number of anilines is 1. The molecule has 1 N–H and O–H groups in total. The van der Waals surface area contributed by atoms with Crippen molar-refractivity contribution in [1.82, 2.24) is 0 Å². The quantitative estimate of drug-likeness (QED) is 0.412. The average Bonchev–Trinajstić information content (AvgIpc) is 2.71. The Bertz CT molecular complexity index is 819. The van der Waals surface area contributed by atoms with Crippen LogP contribution in [-0.4, -0.2) is 13.2 Å². The number of nitrogens with one attached hydrogen (secondary N) is 1. The maximum absolute atomic E-state index is 6.20. The molecule has 0 heterocycles. The largest absolute Gasteiger partial charge is 0.494 e. The van der Waals surface area contributed by atoms with Crippen LogP contribution in [0.1, 0.15) is 24.0 Å². The van der Waals surface area contributed by atoms with E-state index in [1.165, 1.54) is 11.1 Å². The molecule has 3 rings (SSSR count). The van der Waals surface area contributed by atoms with Crippen LogP contribution in [0.5, 0.6) is 5.75 Å². The molecule has 0 radical (unpaired) electrons. The van der Waals surface area contributed by atoms with Crippen molar-refractivity contribution in [3.63, 3.8) is 0 Å². The second-order valence-electron chi connectivity index (χ2n) is 6.59. The second kappa shape index (κ2) is 10.6. The smallest absolute Gasteiger partial charge is 0.121 e. The van der Waals surface area contributed by atoms with Crippen LogP contribution < -0.4 is 10.1 Å². The van der Waals surface area contributed by atoms with Gasteiger partial charge in [-0.25, -0.2) is 0 Å². The van der Waals surface area contributed by atoms with Crippen LogP contribution in [-0.2, 0) is 12.8 Å². The minimum Gasteiger partial charge on any atom is -0.494 e. The van der Waals surface area contributed by atoms with Gasteiger partial charge in [-0.05, 0) is 55.0 Å². The predicted molar refractivity (Wildman–Crippen MR) is 115 cm³/mol. The van der Waals surface area contributed by atoms with Gasteiger partial charge in [0.05, 0.1) is 6.61 Å². The first-order chi connectivity index (χ1) is 13.3. The SMILES string of the molecule is Clc1ccccc1CCCNc1cccc(OCCCc2ccccc2)c1. The van der Waals surface area contributed by atoms with E-state index < -0.39 is 0 Å². The fourth-order valence-corrected chi connectivity index (χ4v) is 3.25. The number of hydrogen-bond donors (Lipinski definition) is 1. The van der Waals surface area contributed by atoms with Gasteiger partial charge in [0.1, 0.15) is 5.75 Å². The van der Waals surface area contributed by atoms with Crippen molar-refractivity contribution in [3.8, 4) is 5.75 Å². The summed E-state index contributed by atoms with van der Waals surface area (Å²) in [6.45, 7) is 1.63. The Morgan fingerprint density at radius 1 is 0.778 bits per heavy atom. The zero-order valence-electron chi connectivity index (χ0n) is 15.5. The molecule has 27 heavy (non-hydrogen) atoms. The van der Waals surface area contributed by atoms with E-state index in [2.05, 4.69) is 47.8 Å². The fraction of sp³-hybridized carbons (Fsp3) is 0.250. The summed E-state index contributed by atoms with van der Waals surface area (Å²) in [5, 5.41) is 4.32. The van der Waals surface area contributed by atoms with E-state index in [1.807, 2.05) is 36.4 Å². The van der Waals surface area contributed by atoms with E-state index in [1.54, 1.807) is 0 Å².